The topological polar surface area (TPSA) is 38.4 Å². The van der Waals surface area contributed by atoms with E-state index in [1.54, 1.807) is 24.3 Å². The van der Waals surface area contributed by atoms with Crippen LogP contribution in [0, 0.1) is 0 Å². The number of hydrogen-bond acceptors (Lipinski definition) is 2. The molecule has 2 N–H and O–H groups in total. The van der Waals surface area contributed by atoms with Crippen molar-refractivity contribution in [2.24, 2.45) is 10.7 Å². The molecule has 0 aliphatic carbocycles. The summed E-state index contributed by atoms with van der Waals surface area (Å²) in [6, 6.07) is 6.03. The quantitative estimate of drug-likeness (QED) is 0.837. The Kier molecular flexibility index (Phi) is 3.45. The van der Waals surface area contributed by atoms with Crippen LogP contribution in [0.1, 0.15) is 12.0 Å². The van der Waals surface area contributed by atoms with Gasteiger partial charge >= 0.3 is 6.18 Å². The lowest BCUT2D eigenvalue weighted by atomic mass is 9.94. The molecule has 0 saturated carbocycles. The zero-order chi connectivity index (χ0) is 13.3. The van der Waals surface area contributed by atoms with Gasteiger partial charge in [-0.3, -0.25) is 4.99 Å². The van der Waals surface area contributed by atoms with Crippen LogP contribution in [0.4, 0.5) is 13.2 Å². The van der Waals surface area contributed by atoms with E-state index in [-0.39, 0.29) is 6.42 Å². The van der Waals surface area contributed by atoms with Crippen molar-refractivity contribution < 1.29 is 13.2 Å². The van der Waals surface area contributed by atoms with E-state index in [2.05, 4.69) is 4.99 Å². The smallest absolute Gasteiger partial charge is 0.324 e. The molecule has 1 aromatic carbocycles. The Morgan fingerprint density at radius 2 is 1.83 bits per heavy atom. The van der Waals surface area contributed by atoms with Crippen LogP contribution < -0.4 is 5.73 Å². The minimum Gasteiger partial charge on any atom is -0.324 e. The fourth-order valence-electron chi connectivity index (χ4n) is 1.73. The molecule has 18 heavy (non-hydrogen) atoms. The first-order chi connectivity index (χ1) is 8.38. The number of halogens is 4. The maximum atomic E-state index is 12.5. The molecular weight excluding hydrogens is 265 g/mol. The fraction of sp³-hybridized carbons (Fsp3) is 0.250. The van der Waals surface area contributed by atoms with Gasteiger partial charge < -0.3 is 5.73 Å². The Balaban J connectivity index is 2.32. The molecule has 1 aromatic rings. The van der Waals surface area contributed by atoms with E-state index in [1.165, 1.54) is 6.20 Å². The normalized spacial score (nSPS) is 20.4. The number of hydrogen-bond donors (Lipinski definition) is 1. The van der Waals surface area contributed by atoms with Crippen molar-refractivity contribution in [2.75, 3.05) is 0 Å². The third-order valence-corrected chi connectivity index (χ3v) is 2.93. The molecule has 1 aliphatic rings. The zero-order valence-corrected chi connectivity index (χ0v) is 9.96. The molecule has 0 bridgehead atoms. The fourth-order valence-corrected chi connectivity index (χ4v) is 1.86. The van der Waals surface area contributed by atoms with E-state index >= 15 is 0 Å². The maximum Gasteiger partial charge on any atom is 0.429 e. The summed E-state index contributed by atoms with van der Waals surface area (Å²) in [5.41, 5.74) is 6.23. The molecule has 0 fully saturated rings. The standard InChI is InChI=1S/C12H10ClF3N2/c13-8-3-1-7(2-4-8)9-6-18-11(5-10(9)17)12(14,15)16/h1-4,6,10H,5,17H2. The minimum atomic E-state index is -4.42. The van der Waals surface area contributed by atoms with E-state index in [0.29, 0.717) is 10.6 Å². The Hall–Kier alpha value is -1.33. The number of nitrogens with zero attached hydrogens (tertiary/aromatic N) is 1. The largest absolute Gasteiger partial charge is 0.429 e. The molecule has 0 saturated heterocycles. The highest BCUT2D eigenvalue weighted by molar-refractivity contribution is 6.30. The van der Waals surface area contributed by atoms with Crippen LogP contribution in [-0.2, 0) is 0 Å². The summed E-state index contributed by atoms with van der Waals surface area (Å²) < 4.78 is 37.4. The first-order valence-corrected chi connectivity index (χ1v) is 5.61. The molecule has 1 heterocycles. The van der Waals surface area contributed by atoms with E-state index < -0.39 is 17.9 Å². The van der Waals surface area contributed by atoms with Crippen molar-refractivity contribution in [2.45, 2.75) is 18.6 Å². The van der Waals surface area contributed by atoms with Crippen molar-refractivity contribution in [3.05, 3.63) is 41.1 Å². The van der Waals surface area contributed by atoms with E-state index in [9.17, 15) is 13.2 Å². The van der Waals surface area contributed by atoms with Crippen molar-refractivity contribution >= 4 is 22.9 Å². The van der Waals surface area contributed by atoms with Crippen molar-refractivity contribution in [3.8, 4) is 0 Å². The molecule has 1 atom stereocenters. The molecule has 1 aliphatic heterocycles. The number of alkyl halides is 3. The van der Waals surface area contributed by atoms with Crippen molar-refractivity contribution in [1.29, 1.82) is 0 Å². The van der Waals surface area contributed by atoms with Crippen molar-refractivity contribution in [1.82, 2.24) is 0 Å². The van der Waals surface area contributed by atoms with Crippen LogP contribution in [-0.4, -0.2) is 17.9 Å². The lowest BCUT2D eigenvalue weighted by molar-refractivity contribution is -0.0606. The van der Waals surface area contributed by atoms with Crippen molar-refractivity contribution in [3.63, 3.8) is 0 Å². The van der Waals surface area contributed by atoms with Gasteiger partial charge in [-0.05, 0) is 23.3 Å². The van der Waals surface area contributed by atoms with Crippen LogP contribution in [0.2, 0.25) is 5.02 Å². The van der Waals surface area contributed by atoms with Crippen LogP contribution >= 0.6 is 11.6 Å². The molecule has 0 aromatic heterocycles. The Morgan fingerprint density at radius 3 is 2.33 bits per heavy atom. The van der Waals surface area contributed by atoms with Gasteiger partial charge in [0.1, 0.15) is 5.71 Å². The van der Waals surface area contributed by atoms with Gasteiger partial charge in [-0.1, -0.05) is 23.7 Å². The van der Waals surface area contributed by atoms with E-state index in [1.807, 2.05) is 0 Å². The monoisotopic (exact) mass is 274 g/mol. The summed E-state index contributed by atoms with van der Waals surface area (Å²) >= 11 is 5.74. The first kappa shape index (κ1) is 13.1. The van der Waals surface area contributed by atoms with E-state index in [4.69, 9.17) is 17.3 Å². The van der Waals surface area contributed by atoms with Gasteiger partial charge in [0, 0.05) is 23.7 Å². The van der Waals surface area contributed by atoms with Gasteiger partial charge in [-0.15, -0.1) is 0 Å². The van der Waals surface area contributed by atoms with Gasteiger partial charge in [0.15, 0.2) is 0 Å². The summed E-state index contributed by atoms with van der Waals surface area (Å²) in [6.45, 7) is 0. The molecule has 6 heteroatoms. The van der Waals surface area contributed by atoms with Crippen LogP contribution in [0.15, 0.2) is 35.5 Å². The van der Waals surface area contributed by atoms with Gasteiger partial charge in [-0.25, -0.2) is 0 Å². The summed E-state index contributed by atoms with van der Waals surface area (Å²) in [6.07, 6.45) is -3.54. The predicted molar refractivity (Wildman–Crippen MR) is 65.5 cm³/mol. The third-order valence-electron chi connectivity index (χ3n) is 2.68. The first-order valence-electron chi connectivity index (χ1n) is 5.23. The third kappa shape index (κ3) is 2.73. The summed E-state index contributed by atoms with van der Waals surface area (Å²) in [7, 11) is 0. The second-order valence-electron chi connectivity index (χ2n) is 3.98. The molecule has 1 unspecified atom stereocenters. The molecule has 2 nitrogen and oxygen atoms in total. The average molecular weight is 275 g/mol. The molecule has 0 radical (unpaired) electrons. The average Bonchev–Trinajstić information content (AvgIpc) is 2.29. The summed E-state index contributed by atoms with van der Waals surface area (Å²) in [5, 5.41) is 0.559. The lowest BCUT2D eigenvalue weighted by Gasteiger charge is -2.22. The number of aliphatic imine (C=N–C) groups is 1. The maximum absolute atomic E-state index is 12.5. The number of rotatable bonds is 1. The Bertz CT molecular complexity index is 503. The predicted octanol–water partition coefficient (Wildman–Crippen LogP) is 3.42. The molecule has 2 rings (SSSR count). The highest BCUT2D eigenvalue weighted by Gasteiger charge is 2.38. The zero-order valence-electron chi connectivity index (χ0n) is 9.21. The summed E-state index contributed by atoms with van der Waals surface area (Å²) in [4.78, 5) is 3.45. The van der Waals surface area contributed by atoms with Gasteiger partial charge in [-0.2, -0.15) is 13.2 Å². The Morgan fingerprint density at radius 1 is 1.22 bits per heavy atom. The molecule has 0 spiro atoms. The second kappa shape index (κ2) is 4.74. The molecular formula is C12H10ClF3N2. The highest BCUT2D eigenvalue weighted by Crippen LogP contribution is 2.29. The van der Waals surface area contributed by atoms with Gasteiger partial charge in [0.05, 0.1) is 0 Å². The van der Waals surface area contributed by atoms with Crippen LogP contribution in [0.5, 0.6) is 0 Å². The second-order valence-corrected chi connectivity index (χ2v) is 4.41. The van der Waals surface area contributed by atoms with Gasteiger partial charge in [0.2, 0.25) is 0 Å². The van der Waals surface area contributed by atoms with Crippen LogP contribution in [0.25, 0.3) is 5.57 Å². The highest BCUT2D eigenvalue weighted by atomic mass is 35.5. The Labute approximate surface area is 107 Å². The van der Waals surface area contributed by atoms with Crippen LogP contribution in [0.3, 0.4) is 0 Å². The SMILES string of the molecule is NC1CC(C(F)(F)F)=NC=C1c1ccc(Cl)cc1. The van der Waals surface area contributed by atoms with E-state index in [0.717, 1.165) is 5.56 Å². The molecule has 96 valence electrons. The van der Waals surface area contributed by atoms with Gasteiger partial charge in [0.25, 0.3) is 0 Å². The minimum absolute atomic E-state index is 0.308. The lowest BCUT2D eigenvalue weighted by Crippen LogP contribution is -2.34. The molecule has 0 amide bonds. The number of benzene rings is 1. The summed E-state index contributed by atoms with van der Waals surface area (Å²) in [5.74, 6) is 0. The number of nitrogens with two attached hydrogens (primary N) is 1.